The fourth-order valence-electron chi connectivity index (χ4n) is 4.04. The number of hydrogen-bond donors (Lipinski definition) is 0. The molecule has 1 aromatic carbocycles. The van der Waals surface area contributed by atoms with E-state index in [1.54, 1.807) is 0 Å². The molecule has 6 heteroatoms. The topological polar surface area (TPSA) is 51.4 Å². The van der Waals surface area contributed by atoms with E-state index in [-0.39, 0.29) is 12.4 Å². The molecular weight excluding hydrogens is 410 g/mol. The Morgan fingerprint density at radius 3 is 2.23 bits per heavy atom. The zero-order valence-corrected chi connectivity index (χ0v) is 20.0. The zero-order chi connectivity index (χ0) is 20.9. The van der Waals surface area contributed by atoms with Gasteiger partial charge in [-0.2, -0.15) is 4.98 Å². The molecule has 0 spiro atoms. The van der Waals surface area contributed by atoms with Crippen LogP contribution >= 0.6 is 12.4 Å². The van der Waals surface area contributed by atoms with Crippen LogP contribution in [0.2, 0.25) is 0 Å². The zero-order valence-electron chi connectivity index (χ0n) is 19.2. The van der Waals surface area contributed by atoms with E-state index in [4.69, 9.17) is 9.26 Å². The Bertz CT molecular complexity index is 699. The van der Waals surface area contributed by atoms with Crippen molar-refractivity contribution in [3.63, 3.8) is 0 Å². The van der Waals surface area contributed by atoms with Gasteiger partial charge in [-0.15, -0.1) is 12.4 Å². The Balaban J connectivity index is 0.00000341. The lowest BCUT2D eigenvalue weighted by Gasteiger charge is -2.26. The lowest BCUT2D eigenvalue weighted by molar-refractivity contribution is 0.0372. The van der Waals surface area contributed by atoms with E-state index in [0.717, 1.165) is 63.6 Å². The van der Waals surface area contributed by atoms with Gasteiger partial charge in [0.2, 0.25) is 11.7 Å². The summed E-state index contributed by atoms with van der Waals surface area (Å²) in [6, 6.07) is 8.68. The molecule has 2 aromatic rings. The van der Waals surface area contributed by atoms with Crippen molar-refractivity contribution in [1.29, 1.82) is 0 Å². The Morgan fingerprint density at radius 2 is 1.52 bits per heavy atom. The van der Waals surface area contributed by atoms with Crippen molar-refractivity contribution in [2.45, 2.75) is 77.6 Å². The number of unbranched alkanes of at least 4 members (excludes halogenated alkanes) is 7. The molecule has 0 aliphatic carbocycles. The predicted octanol–water partition coefficient (Wildman–Crippen LogP) is 6.11. The number of aromatic nitrogens is 2. The molecule has 0 amide bonds. The van der Waals surface area contributed by atoms with E-state index in [9.17, 15) is 0 Å². The summed E-state index contributed by atoms with van der Waals surface area (Å²) in [7, 11) is 0. The SMILES string of the molecule is CCCCCCCCCCc1ccc(-c2noc(CCCN3CCOCC3)n2)cc1.Cl. The normalized spacial score (nSPS) is 14.5. The smallest absolute Gasteiger partial charge is 0.227 e. The van der Waals surface area contributed by atoms with Gasteiger partial charge in [-0.1, -0.05) is 81.3 Å². The minimum absolute atomic E-state index is 0. The first-order chi connectivity index (χ1) is 14.8. The van der Waals surface area contributed by atoms with Crippen molar-refractivity contribution in [3.05, 3.63) is 35.7 Å². The first-order valence-corrected chi connectivity index (χ1v) is 12.1. The van der Waals surface area contributed by atoms with Crippen molar-refractivity contribution in [3.8, 4) is 11.4 Å². The van der Waals surface area contributed by atoms with Crippen molar-refractivity contribution in [2.24, 2.45) is 0 Å². The van der Waals surface area contributed by atoms with Crippen LogP contribution in [0.4, 0.5) is 0 Å². The number of halogens is 1. The molecule has 1 saturated heterocycles. The van der Waals surface area contributed by atoms with Crippen LogP contribution in [0.25, 0.3) is 11.4 Å². The average Bonchev–Trinajstić information content (AvgIpc) is 3.26. The third kappa shape index (κ3) is 9.71. The predicted molar refractivity (Wildman–Crippen MR) is 129 cm³/mol. The number of rotatable bonds is 14. The summed E-state index contributed by atoms with van der Waals surface area (Å²) in [4.78, 5) is 7.03. The number of aryl methyl sites for hydroxylation is 2. The number of morpholine rings is 1. The lowest BCUT2D eigenvalue weighted by atomic mass is 10.0. The second-order valence-electron chi connectivity index (χ2n) is 8.49. The highest BCUT2D eigenvalue weighted by atomic mass is 35.5. The highest BCUT2D eigenvalue weighted by molar-refractivity contribution is 5.85. The van der Waals surface area contributed by atoms with Crippen LogP contribution in [0.15, 0.2) is 28.8 Å². The quantitative estimate of drug-likeness (QED) is 0.326. The van der Waals surface area contributed by atoms with Crippen molar-refractivity contribution in [1.82, 2.24) is 15.0 Å². The Morgan fingerprint density at radius 1 is 0.839 bits per heavy atom. The second kappa shape index (κ2) is 15.4. The summed E-state index contributed by atoms with van der Waals surface area (Å²) in [5.41, 5.74) is 2.44. The van der Waals surface area contributed by atoms with E-state index < -0.39 is 0 Å². The van der Waals surface area contributed by atoms with Gasteiger partial charge in [-0.3, -0.25) is 4.90 Å². The van der Waals surface area contributed by atoms with E-state index in [2.05, 4.69) is 46.2 Å². The van der Waals surface area contributed by atoms with E-state index in [1.165, 1.54) is 56.9 Å². The van der Waals surface area contributed by atoms with Gasteiger partial charge < -0.3 is 9.26 Å². The summed E-state index contributed by atoms with van der Waals surface area (Å²) < 4.78 is 10.9. The third-order valence-electron chi connectivity index (χ3n) is 5.97. The summed E-state index contributed by atoms with van der Waals surface area (Å²) in [6.45, 7) is 7.09. The highest BCUT2D eigenvalue weighted by Gasteiger charge is 2.12. The summed E-state index contributed by atoms with van der Waals surface area (Å²) in [5, 5.41) is 4.18. The second-order valence-corrected chi connectivity index (χ2v) is 8.49. The largest absolute Gasteiger partial charge is 0.379 e. The molecule has 1 fully saturated rings. The molecule has 31 heavy (non-hydrogen) atoms. The number of nitrogens with zero attached hydrogens (tertiary/aromatic N) is 3. The molecule has 0 N–H and O–H groups in total. The molecule has 0 radical (unpaired) electrons. The van der Waals surface area contributed by atoms with Crippen LogP contribution in [0, 0.1) is 0 Å². The number of hydrogen-bond acceptors (Lipinski definition) is 5. The molecule has 0 atom stereocenters. The molecule has 0 bridgehead atoms. The van der Waals surface area contributed by atoms with Crippen LogP contribution in [0.3, 0.4) is 0 Å². The average molecular weight is 450 g/mol. The fourth-order valence-corrected chi connectivity index (χ4v) is 4.04. The van der Waals surface area contributed by atoms with Gasteiger partial charge in [0.25, 0.3) is 0 Å². The fraction of sp³-hybridized carbons (Fsp3) is 0.680. The first kappa shape index (κ1) is 25.8. The molecule has 0 unspecified atom stereocenters. The molecular formula is C25H40ClN3O2. The number of benzene rings is 1. The molecule has 174 valence electrons. The van der Waals surface area contributed by atoms with Crippen molar-refractivity contribution >= 4 is 12.4 Å². The molecule has 3 rings (SSSR count). The molecule has 2 heterocycles. The Kier molecular flexibility index (Phi) is 12.8. The molecule has 0 saturated carbocycles. The van der Waals surface area contributed by atoms with Crippen molar-refractivity contribution < 1.29 is 9.26 Å². The summed E-state index contributed by atoms with van der Waals surface area (Å²) in [5.74, 6) is 1.44. The Labute approximate surface area is 194 Å². The minimum Gasteiger partial charge on any atom is -0.379 e. The van der Waals surface area contributed by atoms with Crippen molar-refractivity contribution in [2.75, 3.05) is 32.8 Å². The van der Waals surface area contributed by atoms with Gasteiger partial charge in [0.05, 0.1) is 13.2 Å². The van der Waals surface area contributed by atoms with Gasteiger partial charge >= 0.3 is 0 Å². The Hall–Kier alpha value is -1.43. The van der Waals surface area contributed by atoms with E-state index >= 15 is 0 Å². The molecule has 5 nitrogen and oxygen atoms in total. The lowest BCUT2D eigenvalue weighted by Crippen LogP contribution is -2.36. The van der Waals surface area contributed by atoms with Gasteiger partial charge in [0, 0.05) is 25.1 Å². The first-order valence-electron chi connectivity index (χ1n) is 12.1. The summed E-state index contributed by atoms with van der Waals surface area (Å²) in [6.07, 6.45) is 14.0. The van der Waals surface area contributed by atoms with E-state index in [0.29, 0.717) is 5.82 Å². The van der Waals surface area contributed by atoms with Gasteiger partial charge in [0.15, 0.2) is 0 Å². The van der Waals surface area contributed by atoms with Crippen LogP contribution in [0.5, 0.6) is 0 Å². The maximum Gasteiger partial charge on any atom is 0.227 e. The van der Waals surface area contributed by atoms with Gasteiger partial charge in [0.1, 0.15) is 0 Å². The highest BCUT2D eigenvalue weighted by Crippen LogP contribution is 2.19. The number of ether oxygens (including phenoxy) is 1. The monoisotopic (exact) mass is 449 g/mol. The maximum atomic E-state index is 5.46. The third-order valence-corrected chi connectivity index (χ3v) is 5.97. The van der Waals surface area contributed by atoms with Gasteiger partial charge in [-0.25, -0.2) is 0 Å². The van der Waals surface area contributed by atoms with Gasteiger partial charge in [-0.05, 0) is 31.4 Å². The molecule has 1 aromatic heterocycles. The maximum absolute atomic E-state index is 5.46. The van der Waals surface area contributed by atoms with Crippen LogP contribution in [-0.4, -0.2) is 47.9 Å². The molecule has 1 aliphatic rings. The van der Waals surface area contributed by atoms with Crippen LogP contribution in [-0.2, 0) is 17.6 Å². The van der Waals surface area contributed by atoms with Crippen LogP contribution in [0.1, 0.15) is 76.2 Å². The summed E-state index contributed by atoms with van der Waals surface area (Å²) >= 11 is 0. The molecule has 1 aliphatic heterocycles. The van der Waals surface area contributed by atoms with E-state index in [1.807, 2.05) is 0 Å². The standard InChI is InChI=1S/C25H39N3O2.ClH/c1-2-3-4-5-6-7-8-9-11-22-13-15-23(16-14-22)25-26-24(30-27-25)12-10-17-28-18-20-29-21-19-28;/h13-16H,2-12,17-21H2,1H3;1H. The minimum atomic E-state index is 0. The van der Waals surface area contributed by atoms with Crippen LogP contribution < -0.4 is 0 Å².